The lowest BCUT2D eigenvalue weighted by Gasteiger charge is -2.28. The molecule has 1 aromatic carbocycles. The fourth-order valence-corrected chi connectivity index (χ4v) is 4.81. The van der Waals surface area contributed by atoms with Crippen molar-refractivity contribution < 1.29 is 8.42 Å². The van der Waals surface area contributed by atoms with Crippen LogP contribution in [0.15, 0.2) is 24.3 Å². The van der Waals surface area contributed by atoms with Crippen molar-refractivity contribution in [3.8, 4) is 6.07 Å². The fourth-order valence-electron chi connectivity index (χ4n) is 2.91. The molecule has 4 nitrogen and oxygen atoms in total. The van der Waals surface area contributed by atoms with Gasteiger partial charge in [-0.3, -0.25) is 0 Å². The molecule has 1 aliphatic carbocycles. The maximum absolute atomic E-state index is 12.4. The first-order valence-corrected chi connectivity index (χ1v) is 8.93. The Hall–Kier alpha value is -1.38. The number of sulfonamides is 1. The summed E-state index contributed by atoms with van der Waals surface area (Å²) in [5.74, 6) is -0.0216. The molecule has 0 saturated heterocycles. The zero-order valence-corrected chi connectivity index (χ0v) is 13.4. The summed E-state index contributed by atoms with van der Waals surface area (Å²) in [6.07, 6.45) is 3.06. The number of fused-ring (bicyclic) bond motifs is 1. The Bertz CT molecular complexity index is 644. The lowest BCUT2D eigenvalue weighted by Crippen LogP contribution is -2.37. The van der Waals surface area contributed by atoms with Gasteiger partial charge in [0.1, 0.15) is 0 Å². The van der Waals surface area contributed by atoms with Crippen LogP contribution >= 0.6 is 0 Å². The minimum atomic E-state index is -3.40. The molecule has 0 spiro atoms. The van der Waals surface area contributed by atoms with E-state index in [1.54, 1.807) is 0 Å². The van der Waals surface area contributed by atoms with E-state index >= 15 is 0 Å². The Morgan fingerprint density at radius 1 is 1.38 bits per heavy atom. The Labute approximate surface area is 127 Å². The Morgan fingerprint density at radius 2 is 2.10 bits per heavy atom. The van der Waals surface area contributed by atoms with E-state index in [9.17, 15) is 8.42 Å². The third-order valence-corrected chi connectivity index (χ3v) is 5.63. The molecule has 1 atom stereocenters. The molecule has 0 fully saturated rings. The zero-order chi connectivity index (χ0) is 15.5. The molecule has 0 radical (unpaired) electrons. The number of nitrogens with one attached hydrogen (secondary N) is 1. The van der Waals surface area contributed by atoms with E-state index in [1.807, 2.05) is 32.0 Å². The number of nitrogens with zero attached hydrogens (tertiary/aromatic N) is 1. The largest absolute Gasteiger partial charge is 0.212 e. The number of hydrogen-bond donors (Lipinski definition) is 1. The van der Waals surface area contributed by atoms with Crippen molar-refractivity contribution in [3.05, 3.63) is 35.4 Å². The van der Waals surface area contributed by atoms with Gasteiger partial charge >= 0.3 is 0 Å². The number of hydrogen-bond acceptors (Lipinski definition) is 3. The summed E-state index contributed by atoms with van der Waals surface area (Å²) in [7, 11) is -3.40. The van der Waals surface area contributed by atoms with Crippen LogP contribution in [0.1, 0.15) is 50.3 Å². The zero-order valence-electron chi connectivity index (χ0n) is 12.6. The molecule has 114 valence electrons. The van der Waals surface area contributed by atoms with Crippen LogP contribution in [-0.2, 0) is 16.4 Å². The third-order valence-electron chi connectivity index (χ3n) is 3.83. The molecule has 0 bridgehead atoms. The van der Waals surface area contributed by atoms with Gasteiger partial charge in [0.25, 0.3) is 0 Å². The monoisotopic (exact) mass is 306 g/mol. The van der Waals surface area contributed by atoms with Gasteiger partial charge in [0, 0.05) is 12.5 Å². The molecule has 1 N–H and O–H groups in total. The Balaban J connectivity index is 2.14. The van der Waals surface area contributed by atoms with Gasteiger partial charge in [-0.25, -0.2) is 13.1 Å². The molecule has 0 aromatic heterocycles. The highest BCUT2D eigenvalue weighted by molar-refractivity contribution is 7.89. The SMILES string of the molecule is CC(C)(CC#N)CS(=O)(=O)NC1CCCc2ccccc21. The molecule has 0 aliphatic heterocycles. The van der Waals surface area contributed by atoms with E-state index in [1.165, 1.54) is 5.56 Å². The summed E-state index contributed by atoms with van der Waals surface area (Å²) in [4.78, 5) is 0. The van der Waals surface area contributed by atoms with Gasteiger partial charge in [-0.1, -0.05) is 38.1 Å². The maximum Gasteiger partial charge on any atom is 0.212 e. The van der Waals surface area contributed by atoms with Crippen molar-refractivity contribution in [1.29, 1.82) is 5.26 Å². The molecule has 5 heteroatoms. The first-order chi connectivity index (χ1) is 9.83. The van der Waals surface area contributed by atoms with Crippen LogP contribution in [0.3, 0.4) is 0 Å². The molecule has 1 aromatic rings. The Kier molecular flexibility index (Phi) is 4.70. The minimum Gasteiger partial charge on any atom is -0.212 e. The second-order valence-electron chi connectivity index (χ2n) is 6.52. The summed E-state index contributed by atoms with van der Waals surface area (Å²) in [5.41, 5.74) is 1.78. The van der Waals surface area contributed by atoms with Crippen LogP contribution in [0.2, 0.25) is 0 Å². The van der Waals surface area contributed by atoms with Crippen LogP contribution in [0.4, 0.5) is 0 Å². The van der Waals surface area contributed by atoms with Crippen molar-refractivity contribution in [2.24, 2.45) is 5.41 Å². The molecule has 0 saturated carbocycles. The van der Waals surface area contributed by atoms with Gasteiger partial charge in [-0.2, -0.15) is 5.26 Å². The Morgan fingerprint density at radius 3 is 2.81 bits per heavy atom. The average Bonchev–Trinajstić information content (AvgIpc) is 2.37. The lowest BCUT2D eigenvalue weighted by atomic mass is 9.88. The first-order valence-electron chi connectivity index (χ1n) is 7.28. The molecule has 1 aliphatic rings. The van der Waals surface area contributed by atoms with Crippen LogP contribution in [0.5, 0.6) is 0 Å². The van der Waals surface area contributed by atoms with E-state index < -0.39 is 15.4 Å². The van der Waals surface area contributed by atoms with Crippen LogP contribution in [0.25, 0.3) is 0 Å². The van der Waals surface area contributed by atoms with Gasteiger partial charge in [0.15, 0.2) is 0 Å². The molecule has 0 amide bonds. The molecule has 1 unspecified atom stereocenters. The smallest absolute Gasteiger partial charge is 0.212 e. The second-order valence-corrected chi connectivity index (χ2v) is 8.27. The number of nitriles is 1. The van der Waals surface area contributed by atoms with Gasteiger partial charge in [-0.05, 0) is 35.8 Å². The number of rotatable bonds is 5. The quantitative estimate of drug-likeness (QED) is 0.909. The summed E-state index contributed by atoms with van der Waals surface area (Å²) in [5, 5.41) is 8.79. The molecule has 2 rings (SSSR count). The predicted molar refractivity (Wildman–Crippen MR) is 83.1 cm³/mol. The second kappa shape index (κ2) is 6.17. The van der Waals surface area contributed by atoms with Gasteiger partial charge in [-0.15, -0.1) is 0 Å². The lowest BCUT2D eigenvalue weighted by molar-refractivity contribution is 0.415. The highest BCUT2D eigenvalue weighted by Gasteiger charge is 2.30. The van der Waals surface area contributed by atoms with E-state index in [2.05, 4.69) is 16.9 Å². The topological polar surface area (TPSA) is 70.0 Å². The van der Waals surface area contributed by atoms with E-state index in [0.717, 1.165) is 24.8 Å². The predicted octanol–water partition coefficient (Wildman–Crippen LogP) is 2.92. The fraction of sp³-hybridized carbons (Fsp3) is 0.562. The van der Waals surface area contributed by atoms with Crippen molar-refractivity contribution in [3.63, 3.8) is 0 Å². The van der Waals surface area contributed by atoms with Crippen LogP contribution in [0, 0.1) is 16.7 Å². The molecular weight excluding hydrogens is 284 g/mol. The van der Waals surface area contributed by atoms with Crippen molar-refractivity contribution in [2.75, 3.05) is 5.75 Å². The highest BCUT2D eigenvalue weighted by Crippen LogP contribution is 2.31. The van der Waals surface area contributed by atoms with Crippen molar-refractivity contribution >= 4 is 10.0 Å². The average molecular weight is 306 g/mol. The van der Waals surface area contributed by atoms with Gasteiger partial charge in [0.2, 0.25) is 10.0 Å². The summed E-state index contributed by atoms with van der Waals surface area (Å²) in [6, 6.07) is 9.92. The van der Waals surface area contributed by atoms with Crippen LogP contribution in [-0.4, -0.2) is 14.2 Å². The summed E-state index contributed by atoms with van der Waals surface area (Å²) < 4.78 is 27.6. The maximum atomic E-state index is 12.4. The number of benzene rings is 1. The molecule has 21 heavy (non-hydrogen) atoms. The van der Waals surface area contributed by atoms with Gasteiger partial charge in [0.05, 0.1) is 11.8 Å². The molecule has 0 heterocycles. The van der Waals surface area contributed by atoms with Crippen molar-refractivity contribution in [1.82, 2.24) is 4.72 Å². The first kappa shape index (κ1) is 16.0. The number of aryl methyl sites for hydroxylation is 1. The van der Waals surface area contributed by atoms with E-state index in [4.69, 9.17) is 5.26 Å². The van der Waals surface area contributed by atoms with Crippen molar-refractivity contribution in [2.45, 2.75) is 45.6 Å². The summed E-state index contributed by atoms with van der Waals surface area (Å²) >= 11 is 0. The summed E-state index contributed by atoms with van der Waals surface area (Å²) in [6.45, 7) is 3.62. The normalized spacial score (nSPS) is 18.8. The van der Waals surface area contributed by atoms with E-state index in [-0.39, 0.29) is 18.2 Å². The minimum absolute atomic E-state index is 0.0216. The van der Waals surface area contributed by atoms with Crippen LogP contribution < -0.4 is 4.72 Å². The third kappa shape index (κ3) is 4.29. The van der Waals surface area contributed by atoms with E-state index in [0.29, 0.717) is 0 Å². The highest BCUT2D eigenvalue weighted by atomic mass is 32.2. The standard InChI is InChI=1S/C16H22N2O2S/c1-16(2,10-11-17)12-21(19,20)18-15-9-5-7-13-6-3-4-8-14(13)15/h3-4,6,8,15,18H,5,7,9-10,12H2,1-2H3. The molecular formula is C16H22N2O2S. The van der Waals surface area contributed by atoms with Gasteiger partial charge < -0.3 is 0 Å².